The summed E-state index contributed by atoms with van der Waals surface area (Å²) in [6.07, 6.45) is 4.48. The lowest BCUT2D eigenvalue weighted by Crippen LogP contribution is -2.36. The number of allylic oxidation sites excluding steroid dienone is 2. The molecule has 114 valence electrons. The van der Waals surface area contributed by atoms with Gasteiger partial charge in [-0.1, -0.05) is 24.3 Å². The van der Waals surface area contributed by atoms with Gasteiger partial charge in [0.25, 0.3) is 5.91 Å². The SMILES string of the molecule is NC(=O)c1ccccc1NC(=O)[C@@H]1[C@@H](C(=O)O)[C@H]2C=C[C@@H]1C2. The molecule has 22 heavy (non-hydrogen) atoms. The smallest absolute Gasteiger partial charge is 0.307 e. The molecule has 0 saturated heterocycles. The van der Waals surface area contributed by atoms with Crippen LogP contribution in [0.1, 0.15) is 16.8 Å². The number of carbonyl (C=O) groups is 3. The van der Waals surface area contributed by atoms with Crippen LogP contribution in [0.25, 0.3) is 0 Å². The van der Waals surface area contributed by atoms with Crippen LogP contribution in [0.3, 0.4) is 0 Å². The Labute approximate surface area is 127 Å². The van der Waals surface area contributed by atoms with Crippen LogP contribution in [-0.2, 0) is 9.59 Å². The van der Waals surface area contributed by atoms with Crippen LogP contribution in [0.5, 0.6) is 0 Å². The Kier molecular flexibility index (Phi) is 3.44. The summed E-state index contributed by atoms with van der Waals surface area (Å²) in [6, 6.07) is 6.43. The van der Waals surface area contributed by atoms with Crippen LogP contribution in [-0.4, -0.2) is 22.9 Å². The molecule has 1 fully saturated rings. The number of fused-ring (bicyclic) bond motifs is 2. The van der Waals surface area contributed by atoms with Gasteiger partial charge in [-0.3, -0.25) is 14.4 Å². The van der Waals surface area contributed by atoms with Gasteiger partial charge >= 0.3 is 5.97 Å². The van der Waals surface area contributed by atoms with E-state index in [4.69, 9.17) is 5.73 Å². The van der Waals surface area contributed by atoms with Crippen LogP contribution in [0, 0.1) is 23.7 Å². The van der Waals surface area contributed by atoms with Crippen LogP contribution in [0.4, 0.5) is 5.69 Å². The molecule has 0 radical (unpaired) electrons. The normalized spacial score (nSPS) is 28.5. The lowest BCUT2D eigenvalue weighted by atomic mass is 9.82. The summed E-state index contributed by atoms with van der Waals surface area (Å²) in [6.45, 7) is 0. The summed E-state index contributed by atoms with van der Waals surface area (Å²) in [5.74, 6) is -3.46. The Balaban J connectivity index is 1.85. The second kappa shape index (κ2) is 5.29. The van der Waals surface area contributed by atoms with Crippen LogP contribution >= 0.6 is 0 Å². The summed E-state index contributed by atoms with van der Waals surface area (Å²) in [7, 11) is 0. The molecule has 4 atom stereocenters. The number of carboxylic acid groups (broad SMARTS) is 1. The van der Waals surface area contributed by atoms with Gasteiger partial charge in [0.15, 0.2) is 0 Å². The molecule has 1 aromatic rings. The van der Waals surface area contributed by atoms with Crippen molar-refractivity contribution in [1.82, 2.24) is 0 Å². The summed E-state index contributed by atoms with van der Waals surface area (Å²) < 4.78 is 0. The number of amides is 2. The van der Waals surface area contributed by atoms with Gasteiger partial charge < -0.3 is 16.2 Å². The molecule has 0 unspecified atom stereocenters. The maximum Gasteiger partial charge on any atom is 0.307 e. The summed E-state index contributed by atoms with van der Waals surface area (Å²) in [5.41, 5.74) is 5.81. The van der Waals surface area contributed by atoms with E-state index in [2.05, 4.69) is 5.32 Å². The number of primary amides is 1. The van der Waals surface area contributed by atoms with E-state index in [1.807, 2.05) is 12.2 Å². The molecule has 2 aliphatic rings. The highest BCUT2D eigenvalue weighted by Gasteiger charge is 2.51. The van der Waals surface area contributed by atoms with Crippen molar-refractivity contribution in [3.8, 4) is 0 Å². The van der Waals surface area contributed by atoms with Crippen LogP contribution in [0.2, 0.25) is 0 Å². The molecule has 2 amide bonds. The Bertz CT molecular complexity index is 682. The number of carboxylic acids is 1. The third-order valence-electron chi connectivity index (χ3n) is 4.50. The summed E-state index contributed by atoms with van der Waals surface area (Å²) >= 11 is 0. The van der Waals surface area contributed by atoms with E-state index in [9.17, 15) is 19.5 Å². The first-order valence-corrected chi connectivity index (χ1v) is 7.10. The molecule has 2 aliphatic carbocycles. The van der Waals surface area contributed by atoms with Crippen molar-refractivity contribution in [3.63, 3.8) is 0 Å². The Morgan fingerprint density at radius 3 is 2.36 bits per heavy atom. The molecule has 2 bridgehead atoms. The maximum atomic E-state index is 12.5. The molecule has 3 rings (SSSR count). The number of nitrogens with one attached hydrogen (secondary N) is 1. The van der Waals surface area contributed by atoms with E-state index in [1.165, 1.54) is 6.07 Å². The minimum Gasteiger partial charge on any atom is -0.481 e. The van der Waals surface area contributed by atoms with Crippen LogP contribution in [0.15, 0.2) is 36.4 Å². The van der Waals surface area contributed by atoms with E-state index < -0.39 is 23.7 Å². The molecule has 0 aromatic heterocycles. The number of hydrogen-bond acceptors (Lipinski definition) is 3. The minimum atomic E-state index is -0.958. The number of para-hydroxylation sites is 1. The highest BCUT2D eigenvalue weighted by molar-refractivity contribution is 6.04. The standard InChI is InChI=1S/C16H16N2O4/c17-14(19)10-3-1-2-4-11(10)18-15(20)12-8-5-6-9(7-8)13(12)16(21)22/h1-6,8-9,12-13H,7H2,(H2,17,19)(H,18,20)(H,21,22)/t8-,9+,12+,13+/m1/s1. The summed E-state index contributed by atoms with van der Waals surface area (Å²) in [4.78, 5) is 35.4. The molecule has 4 N–H and O–H groups in total. The molecule has 6 heteroatoms. The number of rotatable bonds is 4. The van der Waals surface area contributed by atoms with E-state index in [0.717, 1.165) is 0 Å². The fourth-order valence-electron chi connectivity index (χ4n) is 3.54. The van der Waals surface area contributed by atoms with Crippen molar-refractivity contribution in [1.29, 1.82) is 0 Å². The Morgan fingerprint density at radius 1 is 1.09 bits per heavy atom. The van der Waals surface area contributed by atoms with E-state index in [0.29, 0.717) is 12.1 Å². The van der Waals surface area contributed by atoms with Crippen molar-refractivity contribution in [3.05, 3.63) is 42.0 Å². The highest BCUT2D eigenvalue weighted by atomic mass is 16.4. The van der Waals surface area contributed by atoms with Gasteiger partial charge in [0.1, 0.15) is 0 Å². The van der Waals surface area contributed by atoms with Crippen molar-refractivity contribution in [2.75, 3.05) is 5.32 Å². The minimum absolute atomic E-state index is 0.0631. The zero-order valence-corrected chi connectivity index (χ0v) is 11.7. The first kappa shape index (κ1) is 14.3. The lowest BCUT2D eigenvalue weighted by Gasteiger charge is -2.24. The second-order valence-corrected chi connectivity index (χ2v) is 5.74. The molecule has 1 saturated carbocycles. The van der Waals surface area contributed by atoms with Gasteiger partial charge in [-0.15, -0.1) is 0 Å². The number of hydrogen-bond donors (Lipinski definition) is 3. The molecular formula is C16H16N2O4. The quantitative estimate of drug-likeness (QED) is 0.727. The maximum absolute atomic E-state index is 12.5. The number of aliphatic carboxylic acids is 1. The van der Waals surface area contributed by atoms with Gasteiger partial charge in [-0.05, 0) is 30.4 Å². The fourth-order valence-corrected chi connectivity index (χ4v) is 3.54. The van der Waals surface area contributed by atoms with Crippen molar-refractivity contribution >= 4 is 23.5 Å². The second-order valence-electron chi connectivity index (χ2n) is 5.74. The lowest BCUT2D eigenvalue weighted by molar-refractivity contribution is -0.146. The Morgan fingerprint density at radius 2 is 1.73 bits per heavy atom. The zero-order valence-electron chi connectivity index (χ0n) is 11.7. The van der Waals surface area contributed by atoms with Crippen molar-refractivity contribution < 1.29 is 19.5 Å². The first-order valence-electron chi connectivity index (χ1n) is 7.10. The van der Waals surface area contributed by atoms with Gasteiger partial charge in [-0.2, -0.15) is 0 Å². The topological polar surface area (TPSA) is 109 Å². The largest absolute Gasteiger partial charge is 0.481 e. The predicted octanol–water partition coefficient (Wildman–Crippen LogP) is 1.25. The monoisotopic (exact) mass is 300 g/mol. The number of anilines is 1. The number of benzene rings is 1. The molecular weight excluding hydrogens is 284 g/mol. The van der Waals surface area contributed by atoms with Gasteiger partial charge in [0.2, 0.25) is 5.91 Å². The molecule has 1 aromatic carbocycles. The highest BCUT2D eigenvalue weighted by Crippen LogP contribution is 2.48. The predicted molar refractivity (Wildman–Crippen MR) is 78.9 cm³/mol. The Hall–Kier alpha value is -2.63. The molecule has 0 spiro atoms. The van der Waals surface area contributed by atoms with E-state index >= 15 is 0 Å². The fraction of sp³-hybridized carbons (Fsp3) is 0.312. The van der Waals surface area contributed by atoms with Gasteiger partial charge in [0.05, 0.1) is 23.1 Å². The third-order valence-corrected chi connectivity index (χ3v) is 4.50. The van der Waals surface area contributed by atoms with Crippen molar-refractivity contribution in [2.45, 2.75) is 6.42 Å². The average molecular weight is 300 g/mol. The number of nitrogens with two attached hydrogens (primary N) is 1. The number of carbonyl (C=O) groups excluding carboxylic acids is 2. The van der Waals surface area contributed by atoms with E-state index in [1.54, 1.807) is 18.2 Å². The third kappa shape index (κ3) is 2.26. The van der Waals surface area contributed by atoms with Crippen molar-refractivity contribution in [2.24, 2.45) is 29.4 Å². The van der Waals surface area contributed by atoms with Crippen LogP contribution < -0.4 is 11.1 Å². The van der Waals surface area contributed by atoms with Gasteiger partial charge in [0, 0.05) is 0 Å². The van der Waals surface area contributed by atoms with Gasteiger partial charge in [-0.25, -0.2) is 0 Å². The summed E-state index contributed by atoms with van der Waals surface area (Å²) in [5, 5.41) is 12.0. The molecule has 6 nitrogen and oxygen atoms in total. The zero-order chi connectivity index (χ0) is 15.9. The first-order chi connectivity index (χ1) is 10.5. The molecule has 0 heterocycles. The van der Waals surface area contributed by atoms with E-state index in [-0.39, 0.29) is 23.3 Å². The molecule has 0 aliphatic heterocycles. The average Bonchev–Trinajstić information content (AvgIpc) is 3.08.